The highest BCUT2D eigenvalue weighted by atomic mass is 16.5. The van der Waals surface area contributed by atoms with E-state index in [0.717, 1.165) is 5.56 Å². The normalized spacial score (nSPS) is 10.1. The summed E-state index contributed by atoms with van der Waals surface area (Å²) >= 11 is 0. The van der Waals surface area contributed by atoms with Gasteiger partial charge in [0.15, 0.2) is 0 Å². The number of anilines is 1. The number of carbonyl (C=O) groups excluding carboxylic acids is 1. The summed E-state index contributed by atoms with van der Waals surface area (Å²) in [5.41, 5.74) is 6.76. The van der Waals surface area contributed by atoms with Crippen LogP contribution in [0.1, 0.15) is 15.9 Å². The number of pyridine rings is 1. The molecule has 0 aliphatic heterocycles. The summed E-state index contributed by atoms with van der Waals surface area (Å²) in [4.78, 5) is 15.7. The van der Waals surface area contributed by atoms with Crippen LogP contribution in [-0.4, -0.2) is 28.2 Å². The fourth-order valence-corrected chi connectivity index (χ4v) is 1.43. The molecule has 0 spiro atoms. The van der Waals surface area contributed by atoms with E-state index in [4.69, 9.17) is 10.5 Å². The number of nitrogens with one attached hydrogen (secondary N) is 2. The Bertz CT molecular complexity index is 552. The smallest absolute Gasteiger partial charge is 0.256 e. The molecule has 0 fully saturated rings. The Labute approximate surface area is 103 Å². The Balaban J connectivity index is 1.99. The number of H-pyrrole nitrogens is 1. The summed E-state index contributed by atoms with van der Waals surface area (Å²) in [5, 5.41) is 8.92. The predicted molar refractivity (Wildman–Crippen MR) is 65.0 cm³/mol. The number of hydrogen-bond donors (Lipinski definition) is 3. The largest absolute Gasteiger partial charge is 0.481 e. The van der Waals surface area contributed by atoms with Gasteiger partial charge in [0, 0.05) is 18.8 Å². The zero-order valence-corrected chi connectivity index (χ0v) is 9.80. The van der Waals surface area contributed by atoms with Gasteiger partial charge >= 0.3 is 0 Å². The molecule has 0 aromatic carbocycles. The van der Waals surface area contributed by atoms with Crippen LogP contribution < -0.4 is 15.8 Å². The van der Waals surface area contributed by atoms with Crippen molar-refractivity contribution in [2.24, 2.45) is 0 Å². The Hall–Kier alpha value is -2.57. The Morgan fingerprint density at radius 1 is 1.61 bits per heavy atom. The molecule has 0 unspecified atom stereocenters. The lowest BCUT2D eigenvalue weighted by Crippen LogP contribution is -2.23. The second kappa shape index (κ2) is 5.17. The van der Waals surface area contributed by atoms with Crippen molar-refractivity contribution in [1.29, 1.82) is 0 Å². The van der Waals surface area contributed by atoms with Gasteiger partial charge in [-0.1, -0.05) is 0 Å². The van der Waals surface area contributed by atoms with Gasteiger partial charge in [-0.15, -0.1) is 0 Å². The average molecular weight is 247 g/mol. The Kier molecular flexibility index (Phi) is 3.42. The number of nitrogens with two attached hydrogens (primary N) is 1. The zero-order valence-electron chi connectivity index (χ0n) is 9.80. The van der Waals surface area contributed by atoms with E-state index in [2.05, 4.69) is 20.5 Å². The van der Waals surface area contributed by atoms with Gasteiger partial charge < -0.3 is 15.8 Å². The highest BCUT2D eigenvalue weighted by Crippen LogP contribution is 2.09. The van der Waals surface area contributed by atoms with Crippen LogP contribution in [0.3, 0.4) is 0 Å². The first kappa shape index (κ1) is 11.9. The van der Waals surface area contributed by atoms with Crippen molar-refractivity contribution in [1.82, 2.24) is 20.5 Å². The molecule has 1 amide bonds. The van der Waals surface area contributed by atoms with Gasteiger partial charge in [0.25, 0.3) is 5.91 Å². The molecular weight excluding hydrogens is 234 g/mol. The molecule has 2 heterocycles. The molecule has 94 valence electrons. The SMILES string of the molecule is COc1cc(CNC(=O)c2cn[nH]c2N)ccn1. The molecule has 0 saturated heterocycles. The summed E-state index contributed by atoms with van der Waals surface area (Å²) in [5.74, 6) is 0.474. The fourth-order valence-electron chi connectivity index (χ4n) is 1.43. The van der Waals surface area contributed by atoms with Crippen LogP contribution in [0.4, 0.5) is 5.82 Å². The number of hydrogen-bond acceptors (Lipinski definition) is 5. The monoisotopic (exact) mass is 247 g/mol. The number of nitrogen functional groups attached to an aromatic ring is 1. The average Bonchev–Trinajstić information content (AvgIpc) is 2.82. The van der Waals surface area contributed by atoms with Gasteiger partial charge in [0.2, 0.25) is 5.88 Å². The molecule has 0 atom stereocenters. The second-order valence-corrected chi connectivity index (χ2v) is 3.59. The number of aromatic nitrogens is 3. The molecule has 7 heteroatoms. The number of nitrogens with zero attached hydrogens (tertiary/aromatic N) is 2. The minimum absolute atomic E-state index is 0.250. The van der Waals surface area contributed by atoms with Crippen molar-refractivity contribution in [3.8, 4) is 5.88 Å². The third-order valence-electron chi connectivity index (χ3n) is 2.37. The second-order valence-electron chi connectivity index (χ2n) is 3.59. The minimum atomic E-state index is -0.281. The van der Waals surface area contributed by atoms with Crippen LogP contribution >= 0.6 is 0 Å². The van der Waals surface area contributed by atoms with Gasteiger partial charge in [-0.2, -0.15) is 5.10 Å². The number of ether oxygens (including phenoxy) is 1. The topological polar surface area (TPSA) is 106 Å². The lowest BCUT2D eigenvalue weighted by Gasteiger charge is -2.05. The van der Waals surface area contributed by atoms with E-state index in [0.29, 0.717) is 18.0 Å². The summed E-state index contributed by atoms with van der Waals surface area (Å²) in [6.07, 6.45) is 3.00. The summed E-state index contributed by atoms with van der Waals surface area (Å²) < 4.78 is 4.99. The molecule has 7 nitrogen and oxygen atoms in total. The van der Waals surface area contributed by atoms with E-state index in [1.54, 1.807) is 18.3 Å². The first-order valence-electron chi connectivity index (χ1n) is 5.26. The van der Waals surface area contributed by atoms with Gasteiger partial charge in [0.1, 0.15) is 11.4 Å². The molecule has 18 heavy (non-hydrogen) atoms. The minimum Gasteiger partial charge on any atom is -0.481 e. The Morgan fingerprint density at radius 3 is 3.11 bits per heavy atom. The standard InChI is InChI=1S/C11H13N5O2/c1-18-9-4-7(2-3-13-9)5-14-11(17)8-6-15-16-10(8)12/h2-4,6H,5H2,1H3,(H,14,17)(H3,12,15,16). The maximum Gasteiger partial charge on any atom is 0.256 e. The third kappa shape index (κ3) is 2.57. The molecule has 2 aromatic rings. The van der Waals surface area contributed by atoms with Crippen LogP contribution in [-0.2, 0) is 6.54 Å². The van der Waals surface area contributed by atoms with Gasteiger partial charge in [-0.3, -0.25) is 9.89 Å². The van der Waals surface area contributed by atoms with Gasteiger partial charge in [-0.05, 0) is 11.6 Å². The van der Waals surface area contributed by atoms with Crippen molar-refractivity contribution in [3.63, 3.8) is 0 Å². The molecule has 2 aromatic heterocycles. The zero-order chi connectivity index (χ0) is 13.0. The van der Waals surface area contributed by atoms with E-state index in [9.17, 15) is 4.79 Å². The molecule has 4 N–H and O–H groups in total. The van der Waals surface area contributed by atoms with Crippen molar-refractivity contribution in [2.75, 3.05) is 12.8 Å². The molecule has 0 saturated carbocycles. The van der Waals surface area contributed by atoms with Crippen molar-refractivity contribution < 1.29 is 9.53 Å². The molecule has 0 aliphatic carbocycles. The summed E-state index contributed by atoms with van der Waals surface area (Å²) in [6.45, 7) is 0.363. The number of carbonyl (C=O) groups is 1. The van der Waals surface area contributed by atoms with Crippen LogP contribution in [0.2, 0.25) is 0 Å². The molecule has 0 aliphatic rings. The van der Waals surface area contributed by atoms with E-state index < -0.39 is 0 Å². The van der Waals surface area contributed by atoms with E-state index in [-0.39, 0.29) is 11.7 Å². The van der Waals surface area contributed by atoms with Gasteiger partial charge in [0.05, 0.1) is 13.3 Å². The number of amides is 1. The van der Waals surface area contributed by atoms with Crippen LogP contribution in [0.15, 0.2) is 24.5 Å². The number of rotatable bonds is 4. The number of aromatic amines is 1. The van der Waals surface area contributed by atoms with E-state index >= 15 is 0 Å². The quantitative estimate of drug-likeness (QED) is 0.721. The first-order chi connectivity index (χ1) is 8.70. The lowest BCUT2D eigenvalue weighted by molar-refractivity contribution is 0.0952. The lowest BCUT2D eigenvalue weighted by atomic mass is 10.2. The third-order valence-corrected chi connectivity index (χ3v) is 2.37. The van der Waals surface area contributed by atoms with E-state index in [1.165, 1.54) is 13.3 Å². The maximum atomic E-state index is 11.8. The predicted octanol–water partition coefficient (Wildman–Crippen LogP) is 0.325. The molecular formula is C11H13N5O2. The van der Waals surface area contributed by atoms with Crippen molar-refractivity contribution in [3.05, 3.63) is 35.7 Å². The van der Waals surface area contributed by atoms with Crippen LogP contribution in [0.25, 0.3) is 0 Å². The summed E-state index contributed by atoms with van der Waals surface area (Å²) in [7, 11) is 1.54. The van der Waals surface area contributed by atoms with Crippen LogP contribution in [0, 0.1) is 0 Å². The first-order valence-corrected chi connectivity index (χ1v) is 5.26. The Morgan fingerprint density at radius 2 is 2.44 bits per heavy atom. The van der Waals surface area contributed by atoms with Crippen LogP contribution in [0.5, 0.6) is 5.88 Å². The van der Waals surface area contributed by atoms with Gasteiger partial charge in [-0.25, -0.2) is 4.98 Å². The molecule has 0 radical (unpaired) electrons. The number of methoxy groups -OCH3 is 1. The molecule has 2 rings (SSSR count). The highest BCUT2D eigenvalue weighted by Gasteiger charge is 2.10. The van der Waals surface area contributed by atoms with Crippen molar-refractivity contribution >= 4 is 11.7 Å². The molecule has 0 bridgehead atoms. The summed E-state index contributed by atoms with van der Waals surface area (Å²) in [6, 6.07) is 3.54. The van der Waals surface area contributed by atoms with E-state index in [1.807, 2.05) is 0 Å². The van der Waals surface area contributed by atoms with Crippen molar-refractivity contribution in [2.45, 2.75) is 6.54 Å². The maximum absolute atomic E-state index is 11.8. The highest BCUT2D eigenvalue weighted by molar-refractivity contribution is 5.97. The fraction of sp³-hybridized carbons (Fsp3) is 0.182.